The van der Waals surface area contributed by atoms with Crippen molar-refractivity contribution in [3.63, 3.8) is 0 Å². The number of ether oxygens (including phenoxy) is 1. The molecule has 5 heteroatoms. The van der Waals surface area contributed by atoms with Crippen molar-refractivity contribution in [1.82, 2.24) is 0 Å². The van der Waals surface area contributed by atoms with E-state index in [0.29, 0.717) is 6.61 Å². The lowest BCUT2D eigenvalue weighted by Gasteiger charge is -2.42. The molecule has 0 saturated heterocycles. The van der Waals surface area contributed by atoms with Gasteiger partial charge >= 0.3 is 0 Å². The summed E-state index contributed by atoms with van der Waals surface area (Å²) < 4.78 is 13.5. The molecule has 0 unspecified atom stereocenters. The summed E-state index contributed by atoms with van der Waals surface area (Å²) in [6.07, 6.45) is -0.252. The van der Waals surface area contributed by atoms with Gasteiger partial charge in [0.1, 0.15) is 24.2 Å². The lowest BCUT2D eigenvalue weighted by molar-refractivity contribution is 0.0493. The topological polar surface area (TPSA) is 40.0 Å². The minimum absolute atomic E-state index is 0.252. The first-order chi connectivity index (χ1) is 15.0. The largest absolute Gasteiger partial charge is 0.457 e. The minimum atomic E-state index is -2.68. The highest BCUT2D eigenvalue weighted by Gasteiger charge is 2.51. The molecule has 0 N–H and O–H groups in total. The number of hydrogen-bond donors (Lipinski definition) is 0. The molecule has 0 fully saturated rings. The van der Waals surface area contributed by atoms with Crippen LogP contribution in [0.25, 0.3) is 0 Å². The van der Waals surface area contributed by atoms with E-state index in [4.69, 9.17) is 14.0 Å². The van der Waals surface area contributed by atoms with Gasteiger partial charge in [0.15, 0.2) is 0 Å². The number of oxime groups is 1. The summed E-state index contributed by atoms with van der Waals surface area (Å²) in [5, 5.41) is 6.50. The fourth-order valence-corrected chi connectivity index (χ4v) is 8.60. The van der Waals surface area contributed by atoms with Gasteiger partial charge in [-0.2, -0.15) is 0 Å². The van der Waals surface area contributed by atoms with Gasteiger partial charge in [-0.15, -0.1) is 0 Å². The molecule has 0 aromatic heterocycles. The average Bonchev–Trinajstić information content (AvgIpc) is 2.78. The summed E-state index contributed by atoms with van der Waals surface area (Å²) >= 11 is 0. The number of para-hydroxylation sites is 2. The smallest absolute Gasteiger partial charge is 0.266 e. The fourth-order valence-electron chi connectivity index (χ4n) is 4.20. The molecule has 160 valence electrons. The molecule has 1 aliphatic rings. The van der Waals surface area contributed by atoms with Crippen LogP contribution in [0.2, 0.25) is 5.54 Å². The molecule has 4 nitrogen and oxygen atoms in total. The van der Waals surface area contributed by atoms with E-state index >= 15 is 0 Å². The summed E-state index contributed by atoms with van der Waals surface area (Å²) in [7, 11) is -2.68. The van der Waals surface area contributed by atoms with Crippen molar-refractivity contribution in [2.24, 2.45) is 5.16 Å². The Morgan fingerprint density at radius 2 is 1.39 bits per heavy atom. The third-order valence-electron chi connectivity index (χ3n) is 5.58. The third-order valence-corrected chi connectivity index (χ3v) is 10.3. The van der Waals surface area contributed by atoms with Gasteiger partial charge < -0.3 is 14.0 Å². The normalized spacial score (nSPS) is 14.7. The molecule has 0 bridgehead atoms. The second-order valence-electron chi connectivity index (χ2n) is 8.34. The first kappa shape index (κ1) is 21.3. The second kappa shape index (κ2) is 9.08. The van der Waals surface area contributed by atoms with E-state index in [1.54, 1.807) is 0 Å². The van der Waals surface area contributed by atoms with Crippen LogP contribution in [0.4, 0.5) is 0 Å². The van der Waals surface area contributed by atoms with Crippen LogP contribution in [0.5, 0.6) is 11.5 Å². The summed E-state index contributed by atoms with van der Waals surface area (Å²) in [6.45, 7) is 8.70. The number of fused-ring (bicyclic) bond motifs is 2. The van der Waals surface area contributed by atoms with Crippen LogP contribution in [0.3, 0.4) is 0 Å². The van der Waals surface area contributed by atoms with Crippen molar-refractivity contribution >= 4 is 24.4 Å². The Balaban J connectivity index is 1.84. The molecule has 0 spiro atoms. The van der Waals surface area contributed by atoms with Crippen molar-refractivity contribution in [3.05, 3.63) is 84.4 Å². The highest BCUT2D eigenvalue weighted by molar-refractivity contribution is 6.99. The maximum Gasteiger partial charge on any atom is 0.266 e. The Hall–Kier alpha value is -2.89. The van der Waals surface area contributed by atoms with Gasteiger partial charge in [-0.25, -0.2) is 0 Å². The van der Waals surface area contributed by atoms with E-state index in [0.717, 1.165) is 22.8 Å². The predicted octanol–water partition coefficient (Wildman–Crippen LogP) is 5.43. The molecule has 3 aromatic rings. The molecule has 31 heavy (non-hydrogen) atoms. The van der Waals surface area contributed by atoms with Crippen LogP contribution in [-0.4, -0.2) is 20.6 Å². The Morgan fingerprint density at radius 3 is 1.94 bits per heavy atom. The van der Waals surface area contributed by atoms with Crippen LogP contribution >= 0.6 is 0 Å². The van der Waals surface area contributed by atoms with E-state index in [1.807, 2.05) is 56.3 Å². The maximum absolute atomic E-state index is 7.23. The van der Waals surface area contributed by atoms with Crippen LogP contribution in [0, 0.1) is 0 Å². The molecule has 1 heterocycles. The molecular weight excluding hydrogens is 402 g/mol. The fraction of sp³-hybridized carbons (Fsp3) is 0.269. The molecule has 1 atom stereocenters. The first-order valence-electron chi connectivity index (χ1n) is 10.7. The van der Waals surface area contributed by atoms with Crippen molar-refractivity contribution < 1.29 is 14.0 Å². The van der Waals surface area contributed by atoms with E-state index in [-0.39, 0.29) is 11.6 Å². The van der Waals surface area contributed by atoms with Gasteiger partial charge in [-0.1, -0.05) is 85.7 Å². The highest BCUT2D eigenvalue weighted by Crippen LogP contribution is 2.38. The summed E-state index contributed by atoms with van der Waals surface area (Å²) in [5.74, 6) is 1.77. The van der Waals surface area contributed by atoms with E-state index in [9.17, 15) is 0 Å². The zero-order chi connectivity index (χ0) is 21.8. The molecule has 0 saturated carbocycles. The lowest BCUT2D eigenvalue weighted by atomic mass is 10.1. The van der Waals surface area contributed by atoms with Crippen LogP contribution in [-0.2, 0) is 9.26 Å². The predicted molar refractivity (Wildman–Crippen MR) is 128 cm³/mol. The average molecular weight is 432 g/mol. The first-order valence-corrected chi connectivity index (χ1v) is 12.7. The Labute approximate surface area is 185 Å². The Morgan fingerprint density at radius 1 is 0.839 bits per heavy atom. The van der Waals surface area contributed by atoms with Gasteiger partial charge in [0.05, 0.1) is 5.71 Å². The molecule has 0 aliphatic carbocycles. The number of rotatable bonds is 7. The van der Waals surface area contributed by atoms with E-state index < -0.39 is 8.32 Å². The number of nitrogens with zero attached hydrogens (tertiary/aromatic N) is 1. The summed E-state index contributed by atoms with van der Waals surface area (Å²) in [6, 6.07) is 26.9. The number of benzene rings is 3. The van der Waals surface area contributed by atoms with Crippen LogP contribution < -0.4 is 15.1 Å². The standard InChI is InChI=1S/C26H29NO3Si/c1-19(2)27-28-18-24(21-12-6-5-7-13-21)30-31(20(3)4)25-16-10-8-14-22(25)29-23-15-9-11-17-26(23)31/h5-17,20,24H,18H2,1-4H3/t24-/m0/s1. The van der Waals surface area contributed by atoms with Gasteiger partial charge in [0, 0.05) is 10.4 Å². The molecule has 0 radical (unpaired) electrons. The quantitative estimate of drug-likeness (QED) is 0.284. The zero-order valence-electron chi connectivity index (χ0n) is 18.5. The monoisotopic (exact) mass is 431 g/mol. The third kappa shape index (κ3) is 4.16. The highest BCUT2D eigenvalue weighted by atomic mass is 28.4. The summed E-state index contributed by atoms with van der Waals surface area (Å²) in [4.78, 5) is 5.71. The van der Waals surface area contributed by atoms with Gasteiger partial charge in [-0.05, 0) is 37.1 Å². The van der Waals surface area contributed by atoms with Gasteiger partial charge in [-0.3, -0.25) is 0 Å². The van der Waals surface area contributed by atoms with Crippen molar-refractivity contribution in [2.75, 3.05) is 6.61 Å². The zero-order valence-corrected chi connectivity index (χ0v) is 19.5. The van der Waals surface area contributed by atoms with Crippen molar-refractivity contribution in [2.45, 2.75) is 39.3 Å². The minimum Gasteiger partial charge on any atom is -0.457 e. The second-order valence-corrected chi connectivity index (χ2v) is 12.3. The van der Waals surface area contributed by atoms with Gasteiger partial charge in [0.2, 0.25) is 0 Å². The van der Waals surface area contributed by atoms with Gasteiger partial charge in [0.25, 0.3) is 8.32 Å². The van der Waals surface area contributed by atoms with Crippen LogP contribution in [0.1, 0.15) is 39.4 Å². The molecular formula is C26H29NO3Si. The Bertz CT molecular complexity index is 1020. The maximum atomic E-state index is 7.23. The molecule has 1 aliphatic heterocycles. The molecule has 0 amide bonds. The number of hydrogen-bond acceptors (Lipinski definition) is 4. The van der Waals surface area contributed by atoms with Crippen molar-refractivity contribution in [3.8, 4) is 11.5 Å². The SMILES string of the molecule is CC(C)=NOC[C@H](O[Si]1(C(C)C)c2ccccc2Oc2ccccc21)c1ccccc1. The van der Waals surface area contributed by atoms with Crippen molar-refractivity contribution in [1.29, 1.82) is 0 Å². The van der Waals surface area contributed by atoms with E-state index in [1.165, 1.54) is 10.4 Å². The molecule has 3 aromatic carbocycles. The Kier molecular flexibility index (Phi) is 6.25. The van der Waals surface area contributed by atoms with Crippen LogP contribution in [0.15, 0.2) is 84.0 Å². The lowest BCUT2D eigenvalue weighted by Crippen LogP contribution is -2.65. The summed E-state index contributed by atoms with van der Waals surface area (Å²) in [5.41, 5.74) is 2.24. The molecule has 4 rings (SSSR count). The van der Waals surface area contributed by atoms with E-state index in [2.05, 4.69) is 55.4 Å².